The van der Waals surface area contributed by atoms with Gasteiger partial charge in [0.15, 0.2) is 6.10 Å². The van der Waals surface area contributed by atoms with Gasteiger partial charge in [-0.1, -0.05) is 37.3 Å². The van der Waals surface area contributed by atoms with Crippen LogP contribution < -0.4 is 15.8 Å². The van der Waals surface area contributed by atoms with Crippen LogP contribution in [0.5, 0.6) is 5.88 Å². The molecule has 0 aliphatic heterocycles. The fourth-order valence-corrected chi connectivity index (χ4v) is 1.91. The topological polar surface area (TPSA) is 93.0 Å². The molecular weight excluding hydrogens is 268 g/mol. The van der Waals surface area contributed by atoms with Gasteiger partial charge < -0.3 is 15.8 Å². The van der Waals surface area contributed by atoms with Crippen molar-refractivity contribution in [3.8, 4) is 17.1 Å². The summed E-state index contributed by atoms with van der Waals surface area (Å²) in [4.78, 5) is 11.9. The van der Waals surface area contributed by atoms with E-state index in [4.69, 9.17) is 10.5 Å². The predicted molar refractivity (Wildman–Crippen MR) is 80.8 cm³/mol. The summed E-state index contributed by atoms with van der Waals surface area (Å²) >= 11 is 0. The number of carbonyl (C=O) groups excluding carboxylic acids is 1. The summed E-state index contributed by atoms with van der Waals surface area (Å²) in [6, 6.07) is 11.6. The van der Waals surface area contributed by atoms with Gasteiger partial charge in [-0.05, 0) is 12.0 Å². The van der Waals surface area contributed by atoms with E-state index in [-0.39, 0.29) is 5.91 Å². The zero-order chi connectivity index (χ0) is 15.1. The van der Waals surface area contributed by atoms with Crippen LogP contribution in [-0.4, -0.2) is 35.3 Å². The van der Waals surface area contributed by atoms with Gasteiger partial charge in [-0.2, -0.15) is 0 Å². The highest BCUT2D eigenvalue weighted by atomic mass is 16.5. The maximum atomic E-state index is 11.9. The molecule has 6 heteroatoms. The second-order valence-corrected chi connectivity index (χ2v) is 4.58. The van der Waals surface area contributed by atoms with Gasteiger partial charge in [-0.25, -0.2) is 0 Å². The van der Waals surface area contributed by atoms with E-state index < -0.39 is 6.10 Å². The van der Waals surface area contributed by atoms with Crippen molar-refractivity contribution in [1.82, 2.24) is 15.5 Å². The first kappa shape index (κ1) is 15.1. The Labute approximate surface area is 123 Å². The molecule has 0 fully saturated rings. The van der Waals surface area contributed by atoms with Gasteiger partial charge >= 0.3 is 0 Å². The lowest BCUT2D eigenvalue weighted by Crippen LogP contribution is -2.40. The fourth-order valence-electron chi connectivity index (χ4n) is 1.91. The predicted octanol–water partition coefficient (Wildman–Crippen LogP) is 1.31. The van der Waals surface area contributed by atoms with E-state index in [2.05, 4.69) is 15.5 Å². The minimum Gasteiger partial charge on any atom is -0.463 e. The molecule has 1 unspecified atom stereocenters. The first-order valence-electron chi connectivity index (χ1n) is 7.00. The molecule has 0 spiro atoms. The van der Waals surface area contributed by atoms with Crippen LogP contribution in [-0.2, 0) is 4.79 Å². The van der Waals surface area contributed by atoms with Gasteiger partial charge in [-0.15, -0.1) is 5.10 Å². The highest BCUT2D eigenvalue weighted by Gasteiger charge is 2.19. The van der Waals surface area contributed by atoms with E-state index in [0.29, 0.717) is 25.4 Å². The van der Waals surface area contributed by atoms with Gasteiger partial charge in [0.2, 0.25) is 5.88 Å². The molecule has 112 valence electrons. The molecule has 1 aromatic carbocycles. The van der Waals surface area contributed by atoms with Crippen molar-refractivity contribution in [1.29, 1.82) is 0 Å². The van der Waals surface area contributed by atoms with Gasteiger partial charge in [-0.3, -0.25) is 9.89 Å². The van der Waals surface area contributed by atoms with Gasteiger partial charge in [0.1, 0.15) is 0 Å². The third kappa shape index (κ3) is 4.06. The van der Waals surface area contributed by atoms with Crippen molar-refractivity contribution < 1.29 is 9.53 Å². The summed E-state index contributed by atoms with van der Waals surface area (Å²) in [6.45, 7) is 2.73. The van der Waals surface area contributed by atoms with Crippen molar-refractivity contribution in [3.05, 3.63) is 36.4 Å². The molecule has 21 heavy (non-hydrogen) atoms. The maximum absolute atomic E-state index is 11.9. The third-order valence-electron chi connectivity index (χ3n) is 3.01. The number of rotatable bonds is 7. The molecule has 0 aliphatic rings. The molecule has 2 aromatic rings. The molecule has 0 radical (unpaired) electrons. The molecule has 0 bridgehead atoms. The van der Waals surface area contributed by atoms with Crippen LogP contribution in [0.4, 0.5) is 0 Å². The highest BCUT2D eigenvalue weighted by molar-refractivity contribution is 5.81. The van der Waals surface area contributed by atoms with Gasteiger partial charge in [0.25, 0.3) is 5.91 Å². The Balaban J connectivity index is 2.02. The minimum absolute atomic E-state index is 0.174. The smallest absolute Gasteiger partial charge is 0.261 e. The molecule has 0 aliphatic carbocycles. The second-order valence-electron chi connectivity index (χ2n) is 4.58. The van der Waals surface area contributed by atoms with Gasteiger partial charge in [0, 0.05) is 19.2 Å². The Morgan fingerprint density at radius 3 is 2.86 bits per heavy atom. The van der Waals surface area contributed by atoms with Crippen LogP contribution in [0.3, 0.4) is 0 Å². The molecule has 0 saturated carbocycles. The van der Waals surface area contributed by atoms with Crippen LogP contribution in [0.25, 0.3) is 11.3 Å². The zero-order valence-electron chi connectivity index (χ0n) is 12.0. The summed E-state index contributed by atoms with van der Waals surface area (Å²) < 4.78 is 5.63. The maximum Gasteiger partial charge on any atom is 0.261 e. The van der Waals surface area contributed by atoms with E-state index in [1.807, 2.05) is 37.3 Å². The van der Waals surface area contributed by atoms with Gasteiger partial charge in [0.05, 0.1) is 5.69 Å². The number of nitrogens with one attached hydrogen (secondary N) is 2. The molecule has 1 aromatic heterocycles. The number of aromatic amines is 1. The number of carbonyl (C=O) groups is 1. The van der Waals surface area contributed by atoms with E-state index in [1.54, 1.807) is 6.07 Å². The average Bonchev–Trinajstić information content (AvgIpc) is 2.99. The average molecular weight is 288 g/mol. The van der Waals surface area contributed by atoms with Crippen LogP contribution >= 0.6 is 0 Å². The number of amides is 1. The Morgan fingerprint density at radius 1 is 1.43 bits per heavy atom. The summed E-state index contributed by atoms with van der Waals surface area (Å²) in [7, 11) is 0. The highest BCUT2D eigenvalue weighted by Crippen LogP contribution is 2.21. The van der Waals surface area contributed by atoms with Crippen LogP contribution in [0.1, 0.15) is 13.3 Å². The lowest BCUT2D eigenvalue weighted by molar-refractivity contribution is -0.128. The number of aromatic nitrogens is 2. The van der Waals surface area contributed by atoms with E-state index in [9.17, 15) is 4.79 Å². The first-order chi connectivity index (χ1) is 10.2. The minimum atomic E-state index is -0.566. The van der Waals surface area contributed by atoms with Crippen molar-refractivity contribution in [2.75, 3.05) is 13.1 Å². The normalized spacial score (nSPS) is 11.9. The van der Waals surface area contributed by atoms with E-state index in [1.165, 1.54) is 0 Å². The van der Waals surface area contributed by atoms with E-state index >= 15 is 0 Å². The SMILES string of the molecule is CCC(Oc1cc(-c2ccccc2)[nH]n1)C(=O)NCCN. The zero-order valence-corrected chi connectivity index (χ0v) is 12.0. The lowest BCUT2D eigenvalue weighted by atomic mass is 10.2. The molecular formula is C15H20N4O2. The summed E-state index contributed by atoms with van der Waals surface area (Å²) in [6.07, 6.45) is -0.00677. The fraction of sp³-hybridized carbons (Fsp3) is 0.333. The van der Waals surface area contributed by atoms with Crippen molar-refractivity contribution >= 4 is 5.91 Å². The number of hydrogen-bond acceptors (Lipinski definition) is 4. The van der Waals surface area contributed by atoms with Crippen LogP contribution in [0, 0.1) is 0 Å². The van der Waals surface area contributed by atoms with Crippen molar-refractivity contribution in [2.45, 2.75) is 19.4 Å². The molecule has 2 rings (SSSR count). The third-order valence-corrected chi connectivity index (χ3v) is 3.01. The molecule has 1 heterocycles. The van der Waals surface area contributed by atoms with Crippen molar-refractivity contribution in [3.63, 3.8) is 0 Å². The van der Waals surface area contributed by atoms with E-state index in [0.717, 1.165) is 11.3 Å². The van der Waals surface area contributed by atoms with Crippen LogP contribution in [0.15, 0.2) is 36.4 Å². The molecule has 0 saturated heterocycles. The molecule has 6 nitrogen and oxygen atoms in total. The largest absolute Gasteiger partial charge is 0.463 e. The number of nitrogens with two attached hydrogens (primary N) is 1. The lowest BCUT2D eigenvalue weighted by Gasteiger charge is -2.14. The Kier molecular flexibility index (Phi) is 5.34. The number of H-pyrrole nitrogens is 1. The van der Waals surface area contributed by atoms with Crippen LogP contribution in [0.2, 0.25) is 0 Å². The number of hydrogen-bond donors (Lipinski definition) is 3. The molecule has 1 amide bonds. The standard InChI is InChI=1S/C15H20N4O2/c1-2-13(15(20)17-9-8-16)21-14-10-12(18-19-14)11-6-4-3-5-7-11/h3-7,10,13H,2,8-9,16H2,1H3,(H,17,20)(H,18,19). The second kappa shape index (κ2) is 7.44. The van der Waals surface area contributed by atoms with Crippen molar-refractivity contribution in [2.24, 2.45) is 5.73 Å². The summed E-state index contributed by atoms with van der Waals surface area (Å²) in [5.41, 5.74) is 7.23. The number of ether oxygens (including phenoxy) is 1. The number of nitrogens with zero attached hydrogens (tertiary/aromatic N) is 1. The Morgan fingerprint density at radius 2 is 2.19 bits per heavy atom. The monoisotopic (exact) mass is 288 g/mol. The summed E-state index contributed by atoms with van der Waals surface area (Å²) in [5, 5.41) is 9.71. The summed E-state index contributed by atoms with van der Waals surface area (Å²) in [5.74, 6) is 0.232. The number of benzene rings is 1. The first-order valence-corrected chi connectivity index (χ1v) is 7.00. The molecule has 4 N–H and O–H groups in total. The Hall–Kier alpha value is -2.34. The Bertz CT molecular complexity index is 568. The quantitative estimate of drug-likeness (QED) is 0.716. The molecule has 1 atom stereocenters.